The first-order chi connectivity index (χ1) is 8.66. The van der Waals surface area contributed by atoms with Crippen molar-refractivity contribution in [2.45, 2.75) is 0 Å². The molecule has 90 valence electrons. The van der Waals surface area contributed by atoms with Crippen molar-refractivity contribution >= 4 is 42.9 Å². The van der Waals surface area contributed by atoms with E-state index in [1.165, 1.54) is 0 Å². The van der Waals surface area contributed by atoms with Crippen LogP contribution in [0, 0.1) is 0 Å². The quantitative estimate of drug-likeness (QED) is 0.667. The van der Waals surface area contributed by atoms with Gasteiger partial charge in [-0.15, -0.1) is 0 Å². The molecule has 0 bridgehead atoms. The Labute approximate surface area is 120 Å². The summed E-state index contributed by atoms with van der Waals surface area (Å²) in [7, 11) is 0. The second kappa shape index (κ2) is 4.40. The molecule has 3 aromatic rings. The van der Waals surface area contributed by atoms with Gasteiger partial charge in [-0.2, -0.15) is 0 Å². The number of imidazole rings is 1. The molecular formula is C13H8Br2N2O. The number of hydrogen-bond acceptors (Lipinski definition) is 2. The maximum absolute atomic E-state index is 9.84. The van der Waals surface area contributed by atoms with Crippen LogP contribution in [0.2, 0.25) is 0 Å². The summed E-state index contributed by atoms with van der Waals surface area (Å²) in [5, 5.41) is 9.84. The van der Waals surface area contributed by atoms with Gasteiger partial charge in [-0.05, 0) is 56.1 Å². The van der Waals surface area contributed by atoms with Gasteiger partial charge in [0.15, 0.2) is 0 Å². The second-order valence-electron chi connectivity index (χ2n) is 3.86. The summed E-state index contributed by atoms with van der Waals surface area (Å²) in [6.07, 6.45) is 0. The number of aromatic hydroxyl groups is 1. The van der Waals surface area contributed by atoms with Gasteiger partial charge in [0.1, 0.15) is 17.1 Å². The van der Waals surface area contributed by atoms with Crippen LogP contribution in [-0.4, -0.2) is 15.1 Å². The van der Waals surface area contributed by atoms with E-state index in [0.717, 1.165) is 20.0 Å². The predicted octanol–water partition coefficient (Wildman–Crippen LogP) is 4.46. The molecule has 1 aromatic heterocycles. The highest BCUT2D eigenvalue weighted by atomic mass is 79.9. The van der Waals surface area contributed by atoms with Crippen molar-refractivity contribution in [3.8, 4) is 17.1 Å². The van der Waals surface area contributed by atoms with Gasteiger partial charge >= 0.3 is 0 Å². The third-order valence-electron chi connectivity index (χ3n) is 2.70. The maximum Gasteiger partial charge on any atom is 0.142 e. The lowest BCUT2D eigenvalue weighted by atomic mass is 10.2. The Morgan fingerprint density at radius 2 is 1.72 bits per heavy atom. The number of H-pyrrole nitrogens is 1. The first kappa shape index (κ1) is 11.7. The van der Waals surface area contributed by atoms with Crippen LogP contribution in [0.3, 0.4) is 0 Å². The minimum atomic E-state index is 0.212. The molecule has 0 saturated carbocycles. The van der Waals surface area contributed by atoms with Crippen LogP contribution in [0.5, 0.6) is 5.75 Å². The average molecular weight is 368 g/mol. The molecule has 3 rings (SSSR count). The molecule has 0 aliphatic heterocycles. The van der Waals surface area contributed by atoms with Crippen LogP contribution in [0.4, 0.5) is 0 Å². The highest BCUT2D eigenvalue weighted by Gasteiger charge is 2.12. The number of para-hydroxylation sites is 1. The maximum atomic E-state index is 9.84. The van der Waals surface area contributed by atoms with Crippen molar-refractivity contribution in [1.82, 2.24) is 9.97 Å². The Bertz CT molecular complexity index is 698. The smallest absolute Gasteiger partial charge is 0.142 e. The molecule has 0 atom stereocenters. The first-order valence-electron chi connectivity index (χ1n) is 5.29. The number of fused-ring (bicyclic) bond motifs is 1. The minimum absolute atomic E-state index is 0.212. The number of rotatable bonds is 1. The van der Waals surface area contributed by atoms with E-state index in [9.17, 15) is 5.11 Å². The molecule has 0 aliphatic rings. The van der Waals surface area contributed by atoms with Crippen molar-refractivity contribution in [3.05, 3.63) is 45.3 Å². The van der Waals surface area contributed by atoms with Crippen LogP contribution in [0.15, 0.2) is 45.3 Å². The lowest BCUT2D eigenvalue weighted by molar-refractivity contribution is 0.477. The molecule has 0 fully saturated rings. The number of nitrogens with zero attached hydrogens (tertiary/aromatic N) is 1. The minimum Gasteiger partial charge on any atom is -0.507 e. The number of benzene rings is 2. The normalized spacial score (nSPS) is 11.0. The second-order valence-corrected chi connectivity index (χ2v) is 5.56. The lowest BCUT2D eigenvalue weighted by Crippen LogP contribution is -1.80. The van der Waals surface area contributed by atoms with Crippen molar-refractivity contribution < 1.29 is 5.11 Å². The van der Waals surface area contributed by atoms with Gasteiger partial charge in [0, 0.05) is 8.95 Å². The van der Waals surface area contributed by atoms with E-state index in [-0.39, 0.29) is 5.75 Å². The number of hydrogen-bond donors (Lipinski definition) is 2. The van der Waals surface area contributed by atoms with Crippen LogP contribution >= 0.6 is 31.9 Å². The summed E-state index contributed by atoms with van der Waals surface area (Å²) < 4.78 is 1.86. The molecule has 0 radical (unpaired) electrons. The molecule has 3 nitrogen and oxygen atoms in total. The van der Waals surface area contributed by atoms with Gasteiger partial charge in [0.2, 0.25) is 0 Å². The fourth-order valence-electron chi connectivity index (χ4n) is 1.83. The number of phenolic OH excluding ortho intramolecular Hbond substituents is 1. The first-order valence-corrected chi connectivity index (χ1v) is 6.87. The zero-order chi connectivity index (χ0) is 12.7. The van der Waals surface area contributed by atoms with E-state index in [1.807, 2.05) is 24.3 Å². The zero-order valence-electron chi connectivity index (χ0n) is 9.11. The standard InChI is InChI=1S/C13H8Br2N2O/c14-8-5-6-9(15)12-11(8)16-13(17-12)7-3-1-2-4-10(7)18/h1-6,18H,(H,16,17). The van der Waals surface area contributed by atoms with E-state index in [1.54, 1.807) is 12.1 Å². The molecule has 0 unspecified atom stereocenters. The zero-order valence-corrected chi connectivity index (χ0v) is 12.3. The van der Waals surface area contributed by atoms with Gasteiger partial charge in [-0.1, -0.05) is 12.1 Å². The Balaban J connectivity index is 2.29. The van der Waals surface area contributed by atoms with E-state index in [0.29, 0.717) is 11.4 Å². The molecule has 2 N–H and O–H groups in total. The summed E-state index contributed by atoms with van der Waals surface area (Å²) >= 11 is 6.95. The van der Waals surface area contributed by atoms with Crippen molar-refractivity contribution in [2.24, 2.45) is 0 Å². The van der Waals surface area contributed by atoms with Gasteiger partial charge in [-0.3, -0.25) is 0 Å². The van der Waals surface area contributed by atoms with Gasteiger partial charge < -0.3 is 10.1 Å². The number of aromatic nitrogens is 2. The number of phenols is 1. The summed E-state index contributed by atoms with van der Waals surface area (Å²) in [5.41, 5.74) is 2.43. The van der Waals surface area contributed by atoms with Crippen LogP contribution in [-0.2, 0) is 0 Å². The summed E-state index contributed by atoms with van der Waals surface area (Å²) in [6, 6.07) is 11.0. The third kappa shape index (κ3) is 1.83. The number of halogens is 2. The largest absolute Gasteiger partial charge is 0.507 e. The molecule has 2 aromatic carbocycles. The monoisotopic (exact) mass is 366 g/mol. The third-order valence-corrected chi connectivity index (χ3v) is 4.00. The van der Waals surface area contributed by atoms with E-state index >= 15 is 0 Å². The fraction of sp³-hybridized carbons (Fsp3) is 0. The van der Waals surface area contributed by atoms with Crippen molar-refractivity contribution in [2.75, 3.05) is 0 Å². The molecule has 18 heavy (non-hydrogen) atoms. The highest BCUT2D eigenvalue weighted by molar-refractivity contribution is 9.11. The summed E-state index contributed by atoms with van der Waals surface area (Å²) in [6.45, 7) is 0. The van der Waals surface area contributed by atoms with E-state index < -0.39 is 0 Å². The fourth-order valence-corrected chi connectivity index (χ4v) is 2.67. The number of nitrogens with one attached hydrogen (secondary N) is 1. The summed E-state index contributed by atoms with van der Waals surface area (Å²) in [4.78, 5) is 7.73. The van der Waals surface area contributed by atoms with E-state index in [2.05, 4.69) is 41.8 Å². The lowest BCUT2D eigenvalue weighted by Gasteiger charge is -1.98. The van der Waals surface area contributed by atoms with Crippen LogP contribution in [0.1, 0.15) is 0 Å². The molecule has 0 saturated heterocycles. The Hall–Kier alpha value is -1.33. The molecule has 0 spiro atoms. The molecule has 0 aliphatic carbocycles. The van der Waals surface area contributed by atoms with Crippen molar-refractivity contribution in [1.29, 1.82) is 0 Å². The summed E-state index contributed by atoms with van der Waals surface area (Å²) in [5.74, 6) is 0.861. The molecule has 0 amide bonds. The molecule has 1 heterocycles. The SMILES string of the molecule is Oc1ccccc1-c1nc2c(Br)ccc(Br)c2[nH]1. The molecule has 5 heteroatoms. The average Bonchev–Trinajstić information content (AvgIpc) is 2.80. The van der Waals surface area contributed by atoms with Crippen molar-refractivity contribution in [3.63, 3.8) is 0 Å². The Morgan fingerprint density at radius 3 is 2.44 bits per heavy atom. The topological polar surface area (TPSA) is 48.9 Å². The number of aromatic amines is 1. The van der Waals surface area contributed by atoms with Gasteiger partial charge in [-0.25, -0.2) is 4.98 Å². The molecular weight excluding hydrogens is 360 g/mol. The Morgan fingerprint density at radius 1 is 1.00 bits per heavy atom. The van der Waals surface area contributed by atoms with Gasteiger partial charge in [0.25, 0.3) is 0 Å². The van der Waals surface area contributed by atoms with Gasteiger partial charge in [0.05, 0.1) is 11.1 Å². The van der Waals surface area contributed by atoms with Crippen LogP contribution in [0.25, 0.3) is 22.4 Å². The predicted molar refractivity (Wildman–Crippen MR) is 78.6 cm³/mol. The highest BCUT2D eigenvalue weighted by Crippen LogP contribution is 2.33. The van der Waals surface area contributed by atoms with E-state index in [4.69, 9.17) is 0 Å². The Kier molecular flexibility index (Phi) is 2.87. The van der Waals surface area contributed by atoms with Crippen LogP contribution < -0.4 is 0 Å².